The zero-order valence-corrected chi connectivity index (χ0v) is 38.3. The molecule has 0 saturated carbocycles. The Hall–Kier alpha value is -2.61. The first kappa shape index (κ1) is 37.6. The van der Waals surface area contributed by atoms with Crippen LogP contribution in [0.25, 0.3) is 60.7 Å². The summed E-state index contributed by atoms with van der Waals surface area (Å²) < 4.78 is 33.4. The van der Waals surface area contributed by atoms with Crippen LogP contribution in [0.4, 0.5) is 0 Å². The Morgan fingerprint density at radius 2 is 0.661 bits per heavy atom. The van der Waals surface area contributed by atoms with Crippen LogP contribution < -0.4 is 6.96 Å². The topological polar surface area (TPSA) is 36.9 Å². The molecule has 8 heteroatoms. The van der Waals surface area contributed by atoms with Crippen molar-refractivity contribution in [1.82, 2.24) is 0 Å². The molecule has 4 nitrogen and oxygen atoms in total. The second kappa shape index (κ2) is 13.5. The van der Waals surface area contributed by atoms with E-state index in [0.29, 0.717) is 0 Å². The van der Waals surface area contributed by atoms with Gasteiger partial charge in [-0.1, -0.05) is 0 Å². The Morgan fingerprint density at radius 3 is 0.982 bits per heavy atom. The monoisotopic (exact) mass is 970 g/mol. The van der Waals surface area contributed by atoms with Gasteiger partial charge in [-0.25, -0.2) is 0 Å². The summed E-state index contributed by atoms with van der Waals surface area (Å²) in [4.78, 5) is 0. The first-order chi connectivity index (χ1) is 26.8. The van der Waals surface area contributed by atoms with Gasteiger partial charge >= 0.3 is 353 Å². The van der Waals surface area contributed by atoms with Crippen molar-refractivity contribution in [3.05, 3.63) is 108 Å². The molecule has 2 fully saturated rings. The summed E-state index contributed by atoms with van der Waals surface area (Å²) in [5.41, 5.74) is 1.41. The van der Waals surface area contributed by atoms with Crippen molar-refractivity contribution < 1.29 is 18.6 Å². The molecular formula is C48H48B2O4Te2. The Balaban J connectivity index is 1.09. The van der Waals surface area contributed by atoms with Crippen LogP contribution in [0.5, 0.6) is 0 Å². The molecule has 282 valence electrons. The van der Waals surface area contributed by atoms with Gasteiger partial charge in [-0.3, -0.25) is 0 Å². The third kappa shape index (κ3) is 5.77. The molecule has 10 rings (SSSR count). The molecule has 0 atom stereocenters. The number of hydrogen-bond acceptors (Lipinski definition) is 4. The number of unbranched alkanes of at least 4 members (excludes halogenated alkanes) is 1. The third-order valence-corrected chi connectivity index (χ3v) is 20.8. The molecule has 0 bridgehead atoms. The van der Waals surface area contributed by atoms with Crippen LogP contribution in [0.15, 0.2) is 97.1 Å². The molecule has 56 heavy (non-hydrogen) atoms. The summed E-state index contributed by atoms with van der Waals surface area (Å²) in [6, 6.07) is 36.2. The first-order valence-corrected chi connectivity index (χ1v) is 24.8. The van der Waals surface area contributed by atoms with E-state index < -0.39 is 40.9 Å². The number of benzene rings is 6. The summed E-state index contributed by atoms with van der Waals surface area (Å²) in [5.74, 6) is 0. The van der Waals surface area contributed by atoms with Crippen molar-refractivity contribution in [3.8, 4) is 0 Å². The van der Waals surface area contributed by atoms with Crippen LogP contribution in [0, 0.1) is 0 Å². The fourth-order valence-electron chi connectivity index (χ4n) is 9.00. The van der Waals surface area contributed by atoms with Gasteiger partial charge in [0.05, 0.1) is 0 Å². The molecule has 2 aliphatic heterocycles. The molecule has 0 spiro atoms. The average molecular weight is 966 g/mol. The van der Waals surface area contributed by atoms with E-state index in [-0.39, 0.29) is 36.6 Å². The van der Waals surface area contributed by atoms with Gasteiger partial charge in [0.15, 0.2) is 0 Å². The second-order valence-corrected chi connectivity index (χ2v) is 23.9. The summed E-state index contributed by atoms with van der Waals surface area (Å²) in [6.07, 6.45) is 4.15. The van der Waals surface area contributed by atoms with Crippen molar-refractivity contribution in [1.29, 1.82) is 0 Å². The minimum absolute atomic E-state index is 0.313. The zero-order chi connectivity index (χ0) is 38.8. The predicted octanol–water partition coefficient (Wildman–Crippen LogP) is 9.88. The van der Waals surface area contributed by atoms with E-state index in [0.717, 1.165) is 25.7 Å². The van der Waals surface area contributed by atoms with Crippen LogP contribution in [-0.2, 0) is 31.5 Å². The molecule has 2 aliphatic rings. The molecule has 0 aliphatic carbocycles. The summed E-state index contributed by atoms with van der Waals surface area (Å²) >= 11 is -1.50. The molecule has 0 unspecified atom stereocenters. The van der Waals surface area contributed by atoms with Gasteiger partial charge in [-0.05, 0) is 0 Å². The summed E-state index contributed by atoms with van der Waals surface area (Å²) in [7, 11) is -0.626. The molecular weight excluding hydrogens is 917 g/mol. The van der Waals surface area contributed by atoms with Gasteiger partial charge < -0.3 is 0 Å². The minimum atomic E-state index is -0.749. The van der Waals surface area contributed by atoms with Crippen LogP contribution in [0.2, 0.25) is 0 Å². The number of fused-ring (bicyclic) bond motifs is 12. The zero-order valence-electron chi connectivity index (χ0n) is 33.7. The number of rotatable bonds is 7. The van der Waals surface area contributed by atoms with Gasteiger partial charge in [0.1, 0.15) is 0 Å². The van der Waals surface area contributed by atoms with Crippen molar-refractivity contribution >= 4 is 123 Å². The fourth-order valence-corrected chi connectivity index (χ4v) is 16.8. The Morgan fingerprint density at radius 1 is 0.393 bits per heavy atom. The SMILES string of the molecule is CC1(C)OB(c2[te]c3c4ccccc4c4ccccc4c3c2CCCCc2c(B3OC(C)(C)C(C)(C)O3)[te]c3c4ccccc4c4ccccc4c23)OC1(C)C. The van der Waals surface area contributed by atoms with Crippen LogP contribution in [0.1, 0.15) is 79.4 Å². The van der Waals surface area contributed by atoms with Crippen molar-refractivity contribution in [2.75, 3.05) is 0 Å². The Kier molecular flexibility index (Phi) is 9.05. The second-order valence-electron chi connectivity index (χ2n) is 17.9. The van der Waals surface area contributed by atoms with Crippen molar-refractivity contribution in [2.45, 2.75) is 103 Å². The van der Waals surface area contributed by atoms with E-state index in [4.69, 9.17) is 18.6 Å². The maximum atomic E-state index is 6.86. The number of hydrogen-bond donors (Lipinski definition) is 0. The standard InChI is InChI=1S/C48H48B2O4Te2/c1-45(2)46(3,4)52-49(51-45)43-37(39-33-23-13-9-19-29(33)31-21-11-15-25-35(31)41(39)55-43)27-17-18-28-38-40-34-24-14-10-20-30(34)32-22-12-16-26-36(32)42(40)56-44(38)50-53-47(5,6)48(7,8)54-50/h9-16,19-26H,17-18,27-28H2,1-8H3. The van der Waals surface area contributed by atoms with Gasteiger partial charge in [-0.15, -0.1) is 0 Å². The normalized spacial score (nSPS) is 18.9. The Labute approximate surface area is 350 Å². The van der Waals surface area contributed by atoms with E-state index in [2.05, 4.69) is 152 Å². The molecule has 0 amide bonds. The molecule has 4 heterocycles. The van der Waals surface area contributed by atoms with Crippen LogP contribution in [0.3, 0.4) is 0 Å². The maximum absolute atomic E-state index is 6.86. The molecule has 6 aromatic carbocycles. The Bertz CT molecular complexity index is 2640. The first-order valence-electron chi connectivity index (χ1n) is 20.2. The fraction of sp³-hybridized carbons (Fsp3) is 0.333. The van der Waals surface area contributed by atoms with E-state index in [1.54, 1.807) is 6.80 Å². The van der Waals surface area contributed by atoms with Crippen LogP contribution in [-0.4, -0.2) is 77.5 Å². The average Bonchev–Trinajstić information content (AvgIpc) is 3.87. The van der Waals surface area contributed by atoms with E-state index in [1.165, 1.54) is 71.9 Å². The van der Waals surface area contributed by atoms with Gasteiger partial charge in [-0.2, -0.15) is 0 Å². The predicted molar refractivity (Wildman–Crippen MR) is 240 cm³/mol. The molecule has 0 N–H and O–H groups in total. The summed E-state index contributed by atoms with van der Waals surface area (Å²) in [5, 5.41) is 13.8. The van der Waals surface area contributed by atoms with Gasteiger partial charge in [0.25, 0.3) is 0 Å². The summed E-state index contributed by atoms with van der Waals surface area (Å²) in [6.45, 7) is 17.5. The number of aryl methyl sites for hydroxylation is 2. The van der Waals surface area contributed by atoms with Gasteiger partial charge in [0, 0.05) is 0 Å². The van der Waals surface area contributed by atoms with E-state index >= 15 is 0 Å². The third-order valence-electron chi connectivity index (χ3n) is 13.4. The quantitative estimate of drug-likeness (QED) is 0.0907. The van der Waals surface area contributed by atoms with E-state index in [9.17, 15) is 0 Å². The molecule has 0 radical (unpaired) electrons. The van der Waals surface area contributed by atoms with Crippen LogP contribution >= 0.6 is 0 Å². The van der Waals surface area contributed by atoms with Crippen molar-refractivity contribution in [2.24, 2.45) is 0 Å². The van der Waals surface area contributed by atoms with Crippen molar-refractivity contribution in [3.63, 3.8) is 0 Å². The van der Waals surface area contributed by atoms with E-state index in [1.807, 2.05) is 0 Å². The molecule has 2 saturated heterocycles. The van der Waals surface area contributed by atoms with Gasteiger partial charge in [0.2, 0.25) is 0 Å². The molecule has 2 aromatic heterocycles. The molecule has 8 aromatic rings.